The van der Waals surface area contributed by atoms with Crippen molar-refractivity contribution in [2.75, 3.05) is 0 Å². The summed E-state index contributed by atoms with van der Waals surface area (Å²) < 4.78 is 5.38. The Hall–Kier alpha value is -2.36. The largest absolute Gasteiger partial charge is 0.478 e. The highest BCUT2D eigenvalue weighted by Crippen LogP contribution is 2.21. The summed E-state index contributed by atoms with van der Waals surface area (Å²) in [7, 11) is 0. The van der Waals surface area contributed by atoms with Gasteiger partial charge in [0.2, 0.25) is 0 Å². The van der Waals surface area contributed by atoms with Crippen molar-refractivity contribution in [1.82, 2.24) is 0 Å². The third-order valence-electron chi connectivity index (χ3n) is 3.94. The maximum Gasteiger partial charge on any atom is 0.338 e. The lowest BCUT2D eigenvalue weighted by molar-refractivity contribution is -0.132. The summed E-state index contributed by atoms with van der Waals surface area (Å²) in [4.78, 5) is 21.2. The Morgan fingerprint density at radius 2 is 1.44 bits per heavy atom. The van der Waals surface area contributed by atoms with Crippen LogP contribution in [0.3, 0.4) is 0 Å². The van der Waals surface area contributed by atoms with Gasteiger partial charge < -0.3 is 9.84 Å². The monoisotopic (exact) mass is 374 g/mol. The molecule has 0 aliphatic carbocycles. The molecule has 4 nitrogen and oxygen atoms in total. The molecule has 0 amide bonds. The number of benzene rings is 1. The molecule has 1 aromatic carbocycles. The van der Waals surface area contributed by atoms with Gasteiger partial charge in [-0.05, 0) is 38.3 Å². The molecular formula is C23H34O4. The van der Waals surface area contributed by atoms with Gasteiger partial charge in [0, 0.05) is 11.1 Å². The number of hydrogen-bond donors (Lipinski definition) is 1. The van der Waals surface area contributed by atoms with Crippen LogP contribution >= 0.6 is 0 Å². The Morgan fingerprint density at radius 1 is 0.926 bits per heavy atom. The number of aliphatic carboxylic acids is 1. The van der Waals surface area contributed by atoms with Gasteiger partial charge in [0.25, 0.3) is 0 Å². The maximum absolute atomic E-state index is 11.6. The summed E-state index contributed by atoms with van der Waals surface area (Å²) in [6.07, 6.45) is 9.98. The lowest BCUT2D eigenvalue weighted by Crippen LogP contribution is -2.09. The van der Waals surface area contributed by atoms with Gasteiger partial charge >= 0.3 is 11.9 Å². The van der Waals surface area contributed by atoms with E-state index < -0.39 is 5.97 Å². The fraction of sp³-hybridized carbons (Fsp3) is 0.478. The summed E-state index contributed by atoms with van der Waals surface area (Å²) >= 11 is 0. The zero-order valence-electron chi connectivity index (χ0n) is 17.1. The van der Waals surface area contributed by atoms with Crippen LogP contribution in [0.2, 0.25) is 0 Å². The first-order valence-corrected chi connectivity index (χ1v) is 9.64. The van der Waals surface area contributed by atoms with E-state index in [0.717, 1.165) is 18.4 Å². The second-order valence-corrected chi connectivity index (χ2v) is 6.73. The smallest absolute Gasteiger partial charge is 0.338 e. The van der Waals surface area contributed by atoms with Crippen molar-refractivity contribution in [3.05, 3.63) is 54.1 Å². The molecule has 150 valence electrons. The second-order valence-electron chi connectivity index (χ2n) is 6.73. The van der Waals surface area contributed by atoms with Crippen LogP contribution in [-0.4, -0.2) is 17.0 Å². The highest BCUT2D eigenvalue weighted by Gasteiger charge is 2.09. The molecule has 0 atom stereocenters. The third kappa shape index (κ3) is 12.6. The molecule has 0 aliphatic rings. The van der Waals surface area contributed by atoms with Crippen LogP contribution < -0.4 is 4.74 Å². The number of aryl methyl sites for hydroxylation is 1. The van der Waals surface area contributed by atoms with Crippen LogP contribution in [0.1, 0.15) is 71.3 Å². The first-order valence-electron chi connectivity index (χ1n) is 9.64. The van der Waals surface area contributed by atoms with E-state index in [-0.39, 0.29) is 11.5 Å². The number of rotatable bonds is 11. The van der Waals surface area contributed by atoms with E-state index in [1.807, 2.05) is 24.3 Å². The number of carbonyl (C=O) groups is 2. The number of ether oxygens (including phenoxy) is 1. The van der Waals surface area contributed by atoms with Crippen molar-refractivity contribution in [1.29, 1.82) is 0 Å². The molecule has 0 heterocycles. The van der Waals surface area contributed by atoms with Crippen LogP contribution in [0.15, 0.2) is 48.6 Å². The molecule has 1 N–H and O–H groups in total. The fourth-order valence-corrected chi connectivity index (χ4v) is 2.27. The number of carbonyl (C=O) groups excluding carboxylic acids is 1. The predicted molar refractivity (Wildman–Crippen MR) is 111 cm³/mol. The van der Waals surface area contributed by atoms with E-state index in [1.165, 1.54) is 45.4 Å². The molecule has 0 radical (unpaired) electrons. The van der Waals surface area contributed by atoms with Gasteiger partial charge in [-0.2, -0.15) is 0 Å². The molecular weight excluding hydrogens is 340 g/mol. The number of unbranched alkanes of at least 4 members (excludes halogenated alkanes) is 6. The molecule has 0 saturated heterocycles. The van der Waals surface area contributed by atoms with Crippen molar-refractivity contribution in [2.45, 2.75) is 72.1 Å². The molecule has 0 aromatic heterocycles. The lowest BCUT2D eigenvalue weighted by atomic mass is 10.0. The van der Waals surface area contributed by atoms with E-state index in [0.29, 0.717) is 11.3 Å². The highest BCUT2D eigenvalue weighted by atomic mass is 16.5. The number of para-hydroxylation sites is 1. The van der Waals surface area contributed by atoms with Gasteiger partial charge in [0.1, 0.15) is 5.75 Å². The fourth-order valence-electron chi connectivity index (χ4n) is 2.27. The average Bonchev–Trinajstić information content (AvgIpc) is 2.62. The molecule has 0 bridgehead atoms. The normalized spacial score (nSPS) is 9.74. The highest BCUT2D eigenvalue weighted by molar-refractivity contribution is 5.88. The van der Waals surface area contributed by atoms with Crippen molar-refractivity contribution in [3.8, 4) is 5.75 Å². The summed E-state index contributed by atoms with van der Waals surface area (Å²) in [5.74, 6) is -0.603. The summed E-state index contributed by atoms with van der Waals surface area (Å²) in [6.45, 7) is 12.1. The van der Waals surface area contributed by atoms with Crippen LogP contribution in [0.25, 0.3) is 0 Å². The summed E-state index contributed by atoms with van der Waals surface area (Å²) in [5, 5.41) is 7.89. The van der Waals surface area contributed by atoms with Gasteiger partial charge in [-0.1, -0.05) is 76.8 Å². The maximum atomic E-state index is 11.6. The topological polar surface area (TPSA) is 63.6 Å². The van der Waals surface area contributed by atoms with E-state index >= 15 is 0 Å². The van der Waals surface area contributed by atoms with Crippen LogP contribution in [-0.2, 0) is 16.0 Å². The van der Waals surface area contributed by atoms with Crippen molar-refractivity contribution < 1.29 is 19.4 Å². The SMILES string of the molecule is C=C(C)C(=O)O.C=C(C)C(=O)Oc1ccccc1CCCCCCCCC. The quantitative estimate of drug-likeness (QED) is 0.220. The Morgan fingerprint density at radius 3 is 1.96 bits per heavy atom. The average molecular weight is 375 g/mol. The van der Waals surface area contributed by atoms with Crippen LogP contribution in [0.5, 0.6) is 5.75 Å². The van der Waals surface area contributed by atoms with Crippen LogP contribution in [0, 0.1) is 0 Å². The zero-order valence-corrected chi connectivity index (χ0v) is 17.1. The first-order chi connectivity index (χ1) is 12.8. The number of carboxylic acid groups (broad SMARTS) is 1. The van der Waals surface area contributed by atoms with Gasteiger partial charge in [0.15, 0.2) is 0 Å². The molecule has 27 heavy (non-hydrogen) atoms. The summed E-state index contributed by atoms with van der Waals surface area (Å²) in [5.41, 5.74) is 1.72. The van der Waals surface area contributed by atoms with Gasteiger partial charge in [-0.25, -0.2) is 9.59 Å². The molecule has 0 unspecified atom stereocenters. The molecule has 0 aliphatic heterocycles. The molecule has 0 saturated carbocycles. The number of hydrogen-bond acceptors (Lipinski definition) is 3. The number of carboxylic acids is 1. The van der Waals surface area contributed by atoms with Crippen LogP contribution in [0.4, 0.5) is 0 Å². The number of esters is 1. The molecule has 1 rings (SSSR count). The standard InChI is InChI=1S/C19H28O2.C4H6O2/c1-4-5-6-7-8-9-10-13-17-14-11-12-15-18(17)21-19(20)16(2)3;1-3(2)4(5)6/h11-12,14-15H,2,4-10,13H2,1,3H3;1H2,2H3,(H,5,6). The van der Waals surface area contributed by atoms with Gasteiger partial charge in [-0.15, -0.1) is 0 Å². The first kappa shape index (κ1) is 24.6. The minimum absolute atomic E-state index is 0.176. The van der Waals surface area contributed by atoms with Crippen molar-refractivity contribution in [3.63, 3.8) is 0 Å². The third-order valence-corrected chi connectivity index (χ3v) is 3.94. The van der Waals surface area contributed by atoms with Crippen molar-refractivity contribution in [2.24, 2.45) is 0 Å². The lowest BCUT2D eigenvalue weighted by Gasteiger charge is -2.10. The van der Waals surface area contributed by atoms with Gasteiger partial charge in [0.05, 0.1) is 0 Å². The zero-order chi connectivity index (χ0) is 20.7. The second kappa shape index (κ2) is 14.8. The van der Waals surface area contributed by atoms with Crippen molar-refractivity contribution >= 4 is 11.9 Å². The Bertz CT molecular complexity index is 605. The van der Waals surface area contributed by atoms with Gasteiger partial charge in [-0.3, -0.25) is 0 Å². The minimum Gasteiger partial charge on any atom is -0.478 e. The summed E-state index contributed by atoms with van der Waals surface area (Å²) in [6, 6.07) is 7.79. The van der Waals surface area contributed by atoms with E-state index in [2.05, 4.69) is 20.1 Å². The Balaban J connectivity index is 0.000000972. The van der Waals surface area contributed by atoms with E-state index in [1.54, 1.807) is 6.92 Å². The molecule has 0 fully saturated rings. The van der Waals surface area contributed by atoms with E-state index in [4.69, 9.17) is 9.84 Å². The minimum atomic E-state index is -0.935. The van der Waals surface area contributed by atoms with E-state index in [9.17, 15) is 9.59 Å². The molecule has 1 aromatic rings. The molecule has 0 spiro atoms. The Labute approximate surface area is 163 Å². The molecule has 4 heteroatoms. The predicted octanol–water partition coefficient (Wildman–Crippen LogP) is 6.11. The Kier molecular flexibility index (Phi) is 13.5.